The van der Waals surface area contributed by atoms with Gasteiger partial charge in [-0.3, -0.25) is 0 Å². The van der Waals surface area contributed by atoms with Crippen molar-refractivity contribution in [1.82, 2.24) is 0 Å². The monoisotopic (exact) mass is 420 g/mol. The van der Waals surface area contributed by atoms with Gasteiger partial charge in [-0.2, -0.15) is 0 Å². The van der Waals surface area contributed by atoms with E-state index in [1.165, 1.54) is 29.5 Å². The van der Waals surface area contributed by atoms with E-state index < -0.39 is 11.6 Å². The Morgan fingerprint density at radius 1 is 0.548 bits per heavy atom. The van der Waals surface area contributed by atoms with E-state index in [0.717, 1.165) is 44.1 Å². The van der Waals surface area contributed by atoms with Crippen molar-refractivity contribution in [3.05, 3.63) is 94.6 Å². The fourth-order valence-electron chi connectivity index (χ4n) is 4.01. The van der Waals surface area contributed by atoms with Gasteiger partial charge in [-0.05, 0) is 59.9 Å². The van der Waals surface area contributed by atoms with Gasteiger partial charge >= 0.3 is 0 Å². The zero-order chi connectivity index (χ0) is 22.1. The molecule has 164 valence electrons. The van der Waals surface area contributed by atoms with Crippen LogP contribution in [0.1, 0.15) is 68.2 Å². The molecule has 2 heteroatoms. The number of halogens is 2. The molecule has 31 heavy (non-hydrogen) atoms. The van der Waals surface area contributed by atoms with E-state index in [9.17, 15) is 8.78 Å². The Kier molecular flexibility index (Phi) is 8.82. The maximum atomic E-state index is 14.7. The maximum absolute atomic E-state index is 14.7. The minimum absolute atomic E-state index is 0.342. The summed E-state index contributed by atoms with van der Waals surface area (Å²) in [6.45, 7) is 4.33. The van der Waals surface area contributed by atoms with Gasteiger partial charge in [0, 0.05) is 5.56 Å². The number of unbranched alkanes of at least 4 members (excludes halogenated alkanes) is 4. The molecule has 0 radical (unpaired) electrons. The average molecular weight is 421 g/mol. The zero-order valence-electron chi connectivity index (χ0n) is 18.9. The van der Waals surface area contributed by atoms with E-state index in [1.807, 2.05) is 24.3 Å². The lowest BCUT2D eigenvalue weighted by molar-refractivity contribution is 0.497. The summed E-state index contributed by atoms with van der Waals surface area (Å²) in [4.78, 5) is 0. The minimum Gasteiger partial charge on any atom is -0.203 e. The SMILES string of the molecule is CCCCCCCc1ccc(-c2ccc(CCc3ccc(CC)cc3)cc2)c(F)c1F. The highest BCUT2D eigenvalue weighted by atomic mass is 19.2. The van der Waals surface area contributed by atoms with E-state index in [1.54, 1.807) is 12.1 Å². The van der Waals surface area contributed by atoms with Crippen molar-refractivity contribution >= 4 is 0 Å². The lowest BCUT2D eigenvalue weighted by Crippen LogP contribution is -1.98. The standard InChI is InChI=1S/C29H34F2/c1-3-5-6-7-8-9-26-20-21-27(29(31)28(26)30)25-18-16-24(17-19-25)15-14-23-12-10-22(4-2)11-13-23/h10-13,16-21H,3-9,14-15H2,1-2H3. The molecule has 0 aromatic heterocycles. The molecule has 0 heterocycles. The molecule has 0 atom stereocenters. The highest BCUT2D eigenvalue weighted by molar-refractivity contribution is 5.65. The molecule has 0 aliphatic rings. The third-order valence-electron chi connectivity index (χ3n) is 6.11. The Morgan fingerprint density at radius 3 is 1.74 bits per heavy atom. The molecule has 0 N–H and O–H groups in total. The number of hydrogen-bond donors (Lipinski definition) is 0. The van der Waals surface area contributed by atoms with Crippen LogP contribution >= 0.6 is 0 Å². The summed E-state index contributed by atoms with van der Waals surface area (Å²) in [5.74, 6) is -1.41. The summed E-state index contributed by atoms with van der Waals surface area (Å²) in [5.41, 5.74) is 5.43. The second kappa shape index (κ2) is 11.8. The average Bonchev–Trinajstić information content (AvgIpc) is 2.81. The van der Waals surface area contributed by atoms with Crippen LogP contribution in [0.4, 0.5) is 8.78 Å². The molecule has 0 aliphatic heterocycles. The van der Waals surface area contributed by atoms with Crippen LogP contribution in [0.3, 0.4) is 0 Å². The van der Waals surface area contributed by atoms with Gasteiger partial charge in [0.1, 0.15) is 0 Å². The molecule has 0 bridgehead atoms. The highest BCUT2D eigenvalue weighted by Crippen LogP contribution is 2.28. The maximum Gasteiger partial charge on any atom is 0.166 e. The van der Waals surface area contributed by atoms with Gasteiger partial charge < -0.3 is 0 Å². The van der Waals surface area contributed by atoms with Crippen molar-refractivity contribution in [3.63, 3.8) is 0 Å². The topological polar surface area (TPSA) is 0 Å². The first kappa shape index (κ1) is 23.2. The van der Waals surface area contributed by atoms with E-state index in [-0.39, 0.29) is 0 Å². The van der Waals surface area contributed by atoms with Crippen molar-refractivity contribution in [1.29, 1.82) is 0 Å². The molecule has 3 rings (SSSR count). The van der Waals surface area contributed by atoms with Gasteiger partial charge in [0.15, 0.2) is 11.6 Å². The van der Waals surface area contributed by atoms with Crippen LogP contribution in [-0.2, 0) is 25.7 Å². The smallest absolute Gasteiger partial charge is 0.166 e. The third-order valence-corrected chi connectivity index (χ3v) is 6.11. The first-order chi connectivity index (χ1) is 15.1. The van der Waals surface area contributed by atoms with Crippen LogP contribution in [-0.4, -0.2) is 0 Å². The molecule has 0 saturated heterocycles. The van der Waals surface area contributed by atoms with Crippen LogP contribution in [0.25, 0.3) is 11.1 Å². The summed E-state index contributed by atoms with van der Waals surface area (Å²) >= 11 is 0. The molecule has 0 unspecified atom stereocenters. The van der Waals surface area contributed by atoms with E-state index >= 15 is 0 Å². The molecular weight excluding hydrogens is 386 g/mol. The van der Waals surface area contributed by atoms with Gasteiger partial charge in [-0.15, -0.1) is 0 Å². The molecule has 0 aliphatic carbocycles. The van der Waals surface area contributed by atoms with Crippen molar-refractivity contribution in [2.45, 2.75) is 71.6 Å². The van der Waals surface area contributed by atoms with Crippen LogP contribution in [0, 0.1) is 11.6 Å². The van der Waals surface area contributed by atoms with Crippen molar-refractivity contribution in [2.24, 2.45) is 0 Å². The zero-order valence-corrected chi connectivity index (χ0v) is 18.9. The summed E-state index contributed by atoms with van der Waals surface area (Å²) in [7, 11) is 0. The summed E-state index contributed by atoms with van der Waals surface area (Å²) < 4.78 is 29.3. The number of benzene rings is 3. The molecular formula is C29H34F2. The van der Waals surface area contributed by atoms with Crippen molar-refractivity contribution in [2.75, 3.05) is 0 Å². The number of hydrogen-bond acceptors (Lipinski definition) is 0. The van der Waals surface area contributed by atoms with E-state index in [2.05, 4.69) is 38.1 Å². The Balaban J connectivity index is 1.61. The molecule has 3 aromatic rings. The second-order valence-corrected chi connectivity index (χ2v) is 8.43. The Morgan fingerprint density at radius 2 is 1.13 bits per heavy atom. The summed E-state index contributed by atoms with van der Waals surface area (Å²) in [5, 5.41) is 0. The predicted molar refractivity (Wildman–Crippen MR) is 127 cm³/mol. The third kappa shape index (κ3) is 6.50. The largest absolute Gasteiger partial charge is 0.203 e. The molecule has 0 nitrogen and oxygen atoms in total. The van der Waals surface area contributed by atoms with Gasteiger partial charge in [-0.25, -0.2) is 8.78 Å². The molecule has 0 fully saturated rings. The Hall–Kier alpha value is -2.48. The van der Waals surface area contributed by atoms with Crippen molar-refractivity contribution in [3.8, 4) is 11.1 Å². The number of aryl methyl sites for hydroxylation is 4. The van der Waals surface area contributed by atoms with Crippen LogP contribution < -0.4 is 0 Å². The van der Waals surface area contributed by atoms with Gasteiger partial charge in [0.2, 0.25) is 0 Å². The molecule has 0 spiro atoms. The van der Waals surface area contributed by atoms with Crippen LogP contribution in [0.5, 0.6) is 0 Å². The highest BCUT2D eigenvalue weighted by Gasteiger charge is 2.14. The normalized spacial score (nSPS) is 11.1. The lowest BCUT2D eigenvalue weighted by atomic mass is 9.97. The van der Waals surface area contributed by atoms with Gasteiger partial charge in [0.05, 0.1) is 0 Å². The fourth-order valence-corrected chi connectivity index (χ4v) is 4.01. The minimum atomic E-state index is -0.727. The van der Waals surface area contributed by atoms with E-state index in [4.69, 9.17) is 0 Å². The molecule has 3 aromatic carbocycles. The Bertz CT molecular complexity index is 940. The summed E-state index contributed by atoms with van der Waals surface area (Å²) in [6.07, 6.45) is 9.09. The summed E-state index contributed by atoms with van der Waals surface area (Å²) in [6, 6.07) is 20.1. The van der Waals surface area contributed by atoms with Gasteiger partial charge in [-0.1, -0.05) is 100 Å². The molecule has 0 amide bonds. The lowest BCUT2D eigenvalue weighted by Gasteiger charge is -2.10. The second-order valence-electron chi connectivity index (χ2n) is 8.43. The van der Waals surface area contributed by atoms with Crippen LogP contribution in [0.2, 0.25) is 0 Å². The first-order valence-electron chi connectivity index (χ1n) is 11.8. The van der Waals surface area contributed by atoms with Gasteiger partial charge in [0.25, 0.3) is 0 Å². The quantitative estimate of drug-likeness (QED) is 0.273. The number of rotatable bonds is 11. The van der Waals surface area contributed by atoms with Crippen LogP contribution in [0.15, 0.2) is 60.7 Å². The Labute approximate surface area is 186 Å². The predicted octanol–water partition coefficient (Wildman–Crippen LogP) is 8.49. The first-order valence-corrected chi connectivity index (χ1v) is 11.8. The van der Waals surface area contributed by atoms with E-state index in [0.29, 0.717) is 17.5 Å². The fraction of sp³-hybridized carbons (Fsp3) is 0.379. The molecule has 0 saturated carbocycles. The van der Waals surface area contributed by atoms with Crippen molar-refractivity contribution < 1.29 is 8.78 Å².